The van der Waals surface area contributed by atoms with Crippen molar-refractivity contribution in [3.8, 4) is 0 Å². The van der Waals surface area contributed by atoms with Gasteiger partial charge in [0.1, 0.15) is 0 Å². The van der Waals surface area contributed by atoms with Gasteiger partial charge in [-0.3, -0.25) is 0 Å². The van der Waals surface area contributed by atoms with Gasteiger partial charge in [0.15, 0.2) is 0 Å². The van der Waals surface area contributed by atoms with E-state index in [1.54, 1.807) is 0 Å². The monoisotopic (exact) mass is 343 g/mol. The molecular weight excluding hydrogens is 302 g/mol. The number of nitrogens with one attached hydrogen (secondary N) is 1. The molecule has 0 amide bonds. The number of hydrogen-bond acceptors (Lipinski definition) is 1. The van der Waals surface area contributed by atoms with Crippen molar-refractivity contribution < 1.29 is 0 Å². The van der Waals surface area contributed by atoms with Gasteiger partial charge in [-0.05, 0) is 31.2 Å². The van der Waals surface area contributed by atoms with E-state index in [0.717, 1.165) is 0 Å². The van der Waals surface area contributed by atoms with Crippen molar-refractivity contribution >= 4 is 5.69 Å². The first kappa shape index (κ1) is 21.8. The number of hydrogen-bond donors (Lipinski definition) is 1. The SMILES string of the molecule is CCCCCCCCCCCCCCCCC=CNc1ccccc1. The second-order valence-corrected chi connectivity index (χ2v) is 7.30. The van der Waals surface area contributed by atoms with E-state index in [4.69, 9.17) is 0 Å². The molecule has 0 heterocycles. The summed E-state index contributed by atoms with van der Waals surface area (Å²) in [5, 5.41) is 3.31. The summed E-state index contributed by atoms with van der Waals surface area (Å²) in [6.07, 6.45) is 25.5. The van der Waals surface area contributed by atoms with Crippen molar-refractivity contribution in [2.45, 2.75) is 103 Å². The molecule has 1 N–H and O–H groups in total. The molecule has 1 nitrogen and oxygen atoms in total. The Morgan fingerprint density at radius 3 is 1.64 bits per heavy atom. The van der Waals surface area contributed by atoms with Crippen LogP contribution in [-0.4, -0.2) is 0 Å². The highest BCUT2D eigenvalue weighted by Crippen LogP contribution is 2.13. The van der Waals surface area contributed by atoms with Gasteiger partial charge in [-0.25, -0.2) is 0 Å². The molecule has 25 heavy (non-hydrogen) atoms. The standard InChI is InChI=1S/C24H41N/c1-2-3-4-5-6-7-8-9-10-11-12-13-14-15-16-20-23-25-24-21-18-17-19-22-24/h17-23,25H,2-16H2,1H3. The van der Waals surface area contributed by atoms with Crippen molar-refractivity contribution in [1.29, 1.82) is 0 Å². The predicted molar refractivity (Wildman–Crippen MR) is 114 cm³/mol. The normalized spacial score (nSPS) is 11.2. The first-order valence-corrected chi connectivity index (χ1v) is 10.9. The molecule has 0 spiro atoms. The molecule has 1 rings (SSSR count). The van der Waals surface area contributed by atoms with Crippen LogP contribution in [0.1, 0.15) is 103 Å². The minimum Gasteiger partial charge on any atom is -0.362 e. The first-order chi connectivity index (χ1) is 12.4. The zero-order valence-corrected chi connectivity index (χ0v) is 16.6. The van der Waals surface area contributed by atoms with Crippen LogP contribution < -0.4 is 5.32 Å². The molecule has 0 aliphatic rings. The lowest BCUT2D eigenvalue weighted by Crippen LogP contribution is -1.86. The van der Waals surface area contributed by atoms with E-state index < -0.39 is 0 Å². The Balaban J connectivity index is 1.74. The van der Waals surface area contributed by atoms with Crippen LogP contribution in [0.4, 0.5) is 5.69 Å². The molecule has 0 bridgehead atoms. The van der Waals surface area contributed by atoms with Gasteiger partial charge in [0.2, 0.25) is 0 Å². The smallest absolute Gasteiger partial charge is 0.0379 e. The van der Waals surface area contributed by atoms with Gasteiger partial charge in [-0.1, -0.05) is 115 Å². The lowest BCUT2D eigenvalue weighted by atomic mass is 10.0. The molecule has 0 unspecified atom stereocenters. The van der Waals surface area contributed by atoms with E-state index in [1.165, 1.54) is 102 Å². The lowest BCUT2D eigenvalue weighted by molar-refractivity contribution is 0.536. The molecule has 0 saturated heterocycles. The number of allylic oxidation sites excluding steroid dienone is 1. The molecule has 0 radical (unpaired) electrons. The highest BCUT2D eigenvalue weighted by molar-refractivity contribution is 5.44. The molecule has 0 aliphatic heterocycles. The Bertz CT molecular complexity index is 396. The molecule has 0 aromatic heterocycles. The topological polar surface area (TPSA) is 12.0 Å². The van der Waals surface area contributed by atoms with Gasteiger partial charge in [0.25, 0.3) is 0 Å². The van der Waals surface area contributed by atoms with Gasteiger partial charge in [0, 0.05) is 5.69 Å². The molecular formula is C24H41N. The summed E-state index contributed by atoms with van der Waals surface area (Å²) in [5.74, 6) is 0. The van der Waals surface area contributed by atoms with Gasteiger partial charge in [-0.15, -0.1) is 0 Å². The maximum atomic E-state index is 3.31. The minimum absolute atomic E-state index is 1.17. The third-order valence-corrected chi connectivity index (χ3v) is 4.87. The number of unbranched alkanes of at least 4 members (excludes halogenated alkanes) is 14. The lowest BCUT2D eigenvalue weighted by Gasteiger charge is -2.03. The van der Waals surface area contributed by atoms with Gasteiger partial charge in [-0.2, -0.15) is 0 Å². The average molecular weight is 344 g/mol. The van der Waals surface area contributed by atoms with Crippen LogP contribution in [0.3, 0.4) is 0 Å². The molecule has 1 aromatic rings. The van der Waals surface area contributed by atoms with E-state index in [1.807, 2.05) is 6.07 Å². The van der Waals surface area contributed by atoms with Crippen LogP contribution in [0, 0.1) is 0 Å². The summed E-state index contributed by atoms with van der Waals surface area (Å²) in [7, 11) is 0. The first-order valence-electron chi connectivity index (χ1n) is 10.9. The van der Waals surface area contributed by atoms with Crippen LogP contribution in [0.15, 0.2) is 42.6 Å². The molecule has 142 valence electrons. The summed E-state index contributed by atoms with van der Waals surface area (Å²) in [6.45, 7) is 2.29. The second-order valence-electron chi connectivity index (χ2n) is 7.30. The van der Waals surface area contributed by atoms with Crippen LogP contribution >= 0.6 is 0 Å². The summed E-state index contributed by atoms with van der Waals surface area (Å²) in [6, 6.07) is 10.4. The van der Waals surface area contributed by atoms with Crippen molar-refractivity contribution in [2.75, 3.05) is 5.32 Å². The second kappa shape index (κ2) is 17.6. The summed E-state index contributed by atoms with van der Waals surface area (Å²) in [5.41, 5.74) is 1.17. The number of anilines is 1. The Labute approximate surface area is 157 Å². The maximum absolute atomic E-state index is 3.31. The third kappa shape index (κ3) is 14.8. The zero-order valence-electron chi connectivity index (χ0n) is 16.6. The van der Waals surface area contributed by atoms with Crippen LogP contribution in [0.25, 0.3) is 0 Å². The molecule has 1 aromatic carbocycles. The number of benzene rings is 1. The fourth-order valence-electron chi connectivity index (χ4n) is 3.23. The van der Waals surface area contributed by atoms with Crippen LogP contribution in [0.2, 0.25) is 0 Å². The summed E-state index contributed by atoms with van der Waals surface area (Å²) in [4.78, 5) is 0. The van der Waals surface area contributed by atoms with Crippen LogP contribution in [-0.2, 0) is 0 Å². The molecule has 0 atom stereocenters. The van der Waals surface area contributed by atoms with Gasteiger partial charge >= 0.3 is 0 Å². The molecule has 1 heteroatoms. The molecule has 0 saturated carbocycles. The van der Waals surface area contributed by atoms with Crippen molar-refractivity contribution in [3.63, 3.8) is 0 Å². The van der Waals surface area contributed by atoms with Crippen molar-refractivity contribution in [2.24, 2.45) is 0 Å². The number of rotatable bonds is 17. The van der Waals surface area contributed by atoms with E-state index in [2.05, 4.69) is 48.8 Å². The molecule has 0 aliphatic carbocycles. The van der Waals surface area contributed by atoms with Crippen molar-refractivity contribution in [3.05, 3.63) is 42.6 Å². The van der Waals surface area contributed by atoms with Crippen molar-refractivity contribution in [1.82, 2.24) is 0 Å². The minimum atomic E-state index is 1.17. The Hall–Kier alpha value is -1.24. The van der Waals surface area contributed by atoms with E-state index in [-0.39, 0.29) is 0 Å². The quantitative estimate of drug-likeness (QED) is 0.280. The largest absolute Gasteiger partial charge is 0.362 e. The van der Waals surface area contributed by atoms with E-state index >= 15 is 0 Å². The summed E-state index contributed by atoms with van der Waals surface area (Å²) < 4.78 is 0. The Kier molecular flexibility index (Phi) is 15.3. The fourth-order valence-corrected chi connectivity index (χ4v) is 3.23. The number of para-hydroxylation sites is 1. The Morgan fingerprint density at radius 2 is 1.12 bits per heavy atom. The molecule has 0 fully saturated rings. The average Bonchev–Trinajstić information content (AvgIpc) is 2.65. The Morgan fingerprint density at radius 1 is 0.640 bits per heavy atom. The maximum Gasteiger partial charge on any atom is 0.0379 e. The van der Waals surface area contributed by atoms with Gasteiger partial charge in [0.05, 0.1) is 0 Å². The predicted octanol–water partition coefficient (Wildman–Crippen LogP) is 8.48. The highest BCUT2D eigenvalue weighted by atomic mass is 14.8. The van der Waals surface area contributed by atoms with Gasteiger partial charge < -0.3 is 5.32 Å². The highest BCUT2D eigenvalue weighted by Gasteiger charge is 1.93. The fraction of sp³-hybridized carbons (Fsp3) is 0.667. The van der Waals surface area contributed by atoms with Crippen LogP contribution in [0.5, 0.6) is 0 Å². The summed E-state index contributed by atoms with van der Waals surface area (Å²) >= 11 is 0. The van der Waals surface area contributed by atoms with E-state index in [9.17, 15) is 0 Å². The van der Waals surface area contributed by atoms with E-state index in [0.29, 0.717) is 0 Å². The zero-order chi connectivity index (χ0) is 17.8. The third-order valence-electron chi connectivity index (χ3n) is 4.87.